The van der Waals surface area contributed by atoms with Crippen molar-refractivity contribution in [2.45, 2.75) is 76.5 Å². The maximum absolute atomic E-state index is 10.8. The fourth-order valence-corrected chi connectivity index (χ4v) is 3.43. The molecule has 5 atom stereocenters. The van der Waals surface area contributed by atoms with Crippen LogP contribution in [0.15, 0.2) is 30.3 Å². The molecular weight excluding hydrogens is 344 g/mol. The molecule has 154 valence electrons. The number of unbranched alkanes of at least 4 members (excludes halogenated alkanes) is 2. The molecule has 5 heteroatoms. The normalized spacial score (nSPS) is 28.4. The van der Waals surface area contributed by atoms with Crippen molar-refractivity contribution >= 4 is 0 Å². The van der Waals surface area contributed by atoms with Gasteiger partial charge in [-0.05, 0) is 18.4 Å². The lowest BCUT2D eigenvalue weighted by Crippen LogP contribution is -2.60. The van der Waals surface area contributed by atoms with Gasteiger partial charge >= 0.3 is 0 Å². The fourth-order valence-electron chi connectivity index (χ4n) is 3.43. The second kappa shape index (κ2) is 12.5. The Morgan fingerprint density at radius 1 is 0.963 bits per heavy atom. The number of ether oxygens (including phenoxy) is 4. The van der Waals surface area contributed by atoms with E-state index in [4.69, 9.17) is 18.9 Å². The molecule has 0 aliphatic carbocycles. The van der Waals surface area contributed by atoms with Crippen molar-refractivity contribution < 1.29 is 24.1 Å². The molecule has 0 aromatic heterocycles. The van der Waals surface area contributed by atoms with Gasteiger partial charge in [-0.25, -0.2) is 0 Å². The van der Waals surface area contributed by atoms with E-state index >= 15 is 0 Å². The highest BCUT2D eigenvalue weighted by atomic mass is 16.6. The first-order valence-electron chi connectivity index (χ1n) is 10.3. The lowest BCUT2D eigenvalue weighted by molar-refractivity contribution is -0.249. The highest BCUT2D eigenvalue weighted by molar-refractivity contribution is 5.16. The van der Waals surface area contributed by atoms with E-state index in [1.165, 1.54) is 5.56 Å². The predicted molar refractivity (Wildman–Crippen MR) is 106 cm³/mol. The number of aliphatic hydroxyl groups excluding tert-OH is 1. The second-order valence-corrected chi connectivity index (χ2v) is 7.21. The molecule has 1 aliphatic heterocycles. The van der Waals surface area contributed by atoms with Crippen LogP contribution < -0.4 is 0 Å². The van der Waals surface area contributed by atoms with Crippen molar-refractivity contribution in [3.05, 3.63) is 35.9 Å². The molecule has 5 nitrogen and oxygen atoms in total. The first-order valence-corrected chi connectivity index (χ1v) is 10.3. The molecule has 0 amide bonds. The predicted octanol–water partition coefficient (Wildman–Crippen LogP) is 3.37. The minimum atomic E-state index is -0.768. The molecule has 2 unspecified atom stereocenters. The van der Waals surface area contributed by atoms with Gasteiger partial charge in [0.2, 0.25) is 0 Å². The zero-order chi connectivity index (χ0) is 19.5. The number of hydrogen-bond acceptors (Lipinski definition) is 5. The monoisotopic (exact) mass is 380 g/mol. The smallest absolute Gasteiger partial charge is 0.114 e. The van der Waals surface area contributed by atoms with Gasteiger partial charge in [0.15, 0.2) is 0 Å². The van der Waals surface area contributed by atoms with Crippen LogP contribution in [0.4, 0.5) is 0 Å². The Bertz CT molecular complexity index is 495. The molecule has 0 saturated carbocycles. The van der Waals surface area contributed by atoms with Gasteiger partial charge in [-0.15, -0.1) is 0 Å². The summed E-state index contributed by atoms with van der Waals surface area (Å²) in [5, 5.41) is 10.8. The van der Waals surface area contributed by atoms with E-state index in [9.17, 15) is 5.11 Å². The maximum atomic E-state index is 10.8. The summed E-state index contributed by atoms with van der Waals surface area (Å²) in [5.74, 6) is 0. The van der Waals surface area contributed by atoms with E-state index in [0.717, 1.165) is 32.1 Å². The van der Waals surface area contributed by atoms with Gasteiger partial charge in [-0.3, -0.25) is 0 Å². The molecule has 1 aromatic rings. The van der Waals surface area contributed by atoms with E-state index in [0.29, 0.717) is 19.8 Å². The molecule has 1 fully saturated rings. The first-order chi connectivity index (χ1) is 13.2. The minimum absolute atomic E-state index is 0.183. The number of benzene rings is 1. The largest absolute Gasteiger partial charge is 0.387 e. The fraction of sp³-hybridized carbons (Fsp3) is 0.727. The lowest BCUT2D eigenvalue weighted by Gasteiger charge is -2.44. The van der Waals surface area contributed by atoms with Crippen LogP contribution in [0.3, 0.4) is 0 Å². The van der Waals surface area contributed by atoms with Gasteiger partial charge in [0.05, 0.1) is 12.7 Å². The average molecular weight is 381 g/mol. The van der Waals surface area contributed by atoms with E-state index in [1.807, 2.05) is 18.2 Å². The van der Waals surface area contributed by atoms with Crippen molar-refractivity contribution in [2.75, 3.05) is 26.9 Å². The summed E-state index contributed by atoms with van der Waals surface area (Å²) in [7, 11) is 1.63. The third-order valence-electron chi connectivity index (χ3n) is 5.04. The van der Waals surface area contributed by atoms with Crippen LogP contribution in [-0.2, 0) is 25.4 Å². The first kappa shape index (κ1) is 22.3. The summed E-state index contributed by atoms with van der Waals surface area (Å²) in [6, 6.07) is 10.2. The van der Waals surface area contributed by atoms with Crippen molar-refractivity contribution in [3.63, 3.8) is 0 Å². The van der Waals surface area contributed by atoms with Crippen LogP contribution in [0, 0.1) is 0 Å². The highest BCUT2D eigenvalue weighted by Gasteiger charge is 2.46. The van der Waals surface area contributed by atoms with Crippen molar-refractivity contribution in [2.24, 2.45) is 0 Å². The quantitative estimate of drug-likeness (QED) is 0.564. The molecule has 0 bridgehead atoms. The van der Waals surface area contributed by atoms with Crippen LogP contribution in [-0.4, -0.2) is 62.6 Å². The standard InChI is InChI=1S/C22H36O5/c1-4-6-13-25-16-19-20(23)22(24-3)21(26-14-7-5-2)18(27-19)15-17-11-9-8-10-12-17/h8-12,18-23H,4-7,13-16H2,1-3H3/t18-,19?,20-,21?,22-/m0/s1. The van der Waals surface area contributed by atoms with Gasteiger partial charge < -0.3 is 24.1 Å². The van der Waals surface area contributed by atoms with Crippen molar-refractivity contribution in [1.29, 1.82) is 0 Å². The molecule has 1 N–H and O–H groups in total. The lowest BCUT2D eigenvalue weighted by atomic mass is 9.91. The molecule has 1 aromatic carbocycles. The van der Waals surface area contributed by atoms with Crippen LogP contribution >= 0.6 is 0 Å². The average Bonchev–Trinajstić information content (AvgIpc) is 2.69. The minimum Gasteiger partial charge on any atom is -0.387 e. The van der Waals surface area contributed by atoms with E-state index < -0.39 is 18.3 Å². The topological polar surface area (TPSA) is 57.2 Å². The van der Waals surface area contributed by atoms with Gasteiger partial charge in [-0.2, -0.15) is 0 Å². The number of methoxy groups -OCH3 is 1. The molecule has 1 saturated heterocycles. The Morgan fingerprint density at radius 3 is 2.33 bits per heavy atom. The molecule has 1 aliphatic rings. The Hall–Kier alpha value is -0.980. The second-order valence-electron chi connectivity index (χ2n) is 7.21. The molecule has 1 heterocycles. The van der Waals surface area contributed by atoms with E-state index in [-0.39, 0.29) is 12.2 Å². The summed E-state index contributed by atoms with van der Waals surface area (Å²) in [6.45, 7) is 5.95. The number of aliphatic hydroxyl groups is 1. The zero-order valence-corrected chi connectivity index (χ0v) is 17.0. The van der Waals surface area contributed by atoms with E-state index in [1.54, 1.807) is 7.11 Å². The molecular formula is C22H36O5. The Kier molecular flexibility index (Phi) is 10.3. The van der Waals surface area contributed by atoms with Gasteiger partial charge in [0.25, 0.3) is 0 Å². The van der Waals surface area contributed by atoms with Crippen molar-refractivity contribution in [1.82, 2.24) is 0 Å². The molecule has 0 radical (unpaired) electrons. The zero-order valence-electron chi connectivity index (χ0n) is 17.0. The summed E-state index contributed by atoms with van der Waals surface area (Å²) in [6.07, 6.45) is 2.75. The Morgan fingerprint density at radius 2 is 1.67 bits per heavy atom. The summed E-state index contributed by atoms with van der Waals surface area (Å²) >= 11 is 0. The van der Waals surface area contributed by atoms with Crippen LogP contribution in [0.25, 0.3) is 0 Å². The third kappa shape index (κ3) is 6.84. The van der Waals surface area contributed by atoms with Gasteiger partial charge in [0.1, 0.15) is 24.4 Å². The van der Waals surface area contributed by atoms with Gasteiger partial charge in [0, 0.05) is 26.7 Å². The molecule has 2 rings (SSSR count). The van der Waals surface area contributed by atoms with Crippen LogP contribution in [0.2, 0.25) is 0 Å². The van der Waals surface area contributed by atoms with Gasteiger partial charge in [-0.1, -0.05) is 57.0 Å². The van der Waals surface area contributed by atoms with E-state index in [2.05, 4.69) is 26.0 Å². The molecule has 27 heavy (non-hydrogen) atoms. The Balaban J connectivity index is 2.09. The summed E-state index contributed by atoms with van der Waals surface area (Å²) in [5.41, 5.74) is 1.18. The van der Waals surface area contributed by atoms with Crippen molar-refractivity contribution in [3.8, 4) is 0 Å². The number of hydrogen-bond donors (Lipinski definition) is 1. The SMILES string of the molecule is CCCCOCC1O[C@@H](Cc2ccccc2)C(OCCCC)[C@@H](OC)[C@H]1O. The molecule has 0 spiro atoms. The number of rotatable bonds is 12. The highest BCUT2D eigenvalue weighted by Crippen LogP contribution is 2.28. The maximum Gasteiger partial charge on any atom is 0.114 e. The third-order valence-corrected chi connectivity index (χ3v) is 5.04. The summed E-state index contributed by atoms with van der Waals surface area (Å²) < 4.78 is 23.8. The van der Waals surface area contributed by atoms with Crippen LogP contribution in [0.1, 0.15) is 45.1 Å². The Labute approximate surface area is 164 Å². The van der Waals surface area contributed by atoms with Crippen LogP contribution in [0.5, 0.6) is 0 Å². The summed E-state index contributed by atoms with van der Waals surface area (Å²) in [4.78, 5) is 0.